The smallest absolute Gasteiger partial charge is 0.394 e. The number of aliphatic hydroxyl groups is 2. The van der Waals surface area contributed by atoms with Crippen LogP contribution < -0.4 is 5.73 Å². The highest BCUT2D eigenvalue weighted by atomic mass is 31.2. The van der Waals surface area contributed by atoms with E-state index >= 15 is 0 Å². The SMILES string of the molecule is C[C@@H]1O[C@H](CO)[C@H](OP(=O)(O)OCCCOP(=O)(O)OCCCOP(=O)(O)OCCCOP(=O)(O)OCCCCCCN)C1O. The first-order valence-electron chi connectivity index (χ1n) is 14.2. The molecule has 0 bridgehead atoms. The molecule has 45 heavy (non-hydrogen) atoms. The van der Waals surface area contributed by atoms with Crippen LogP contribution in [0.15, 0.2) is 0 Å². The van der Waals surface area contributed by atoms with E-state index < -0.39 is 88.7 Å². The Morgan fingerprint density at radius 3 is 1.33 bits per heavy atom. The number of nitrogens with two attached hydrogens (primary N) is 1. The van der Waals surface area contributed by atoms with Crippen LogP contribution in [-0.2, 0) is 59.2 Å². The molecule has 24 heteroatoms. The van der Waals surface area contributed by atoms with E-state index in [0.717, 1.165) is 19.3 Å². The number of rotatable bonds is 28. The van der Waals surface area contributed by atoms with Gasteiger partial charge in [-0.3, -0.25) is 36.2 Å². The van der Waals surface area contributed by atoms with E-state index in [0.29, 0.717) is 13.0 Å². The highest BCUT2D eigenvalue weighted by Gasteiger charge is 2.45. The van der Waals surface area contributed by atoms with Crippen LogP contribution in [0.2, 0.25) is 0 Å². The Bertz CT molecular complexity index is 1010. The van der Waals surface area contributed by atoms with Gasteiger partial charge < -0.3 is 40.3 Å². The van der Waals surface area contributed by atoms with Gasteiger partial charge in [-0.1, -0.05) is 12.8 Å². The summed E-state index contributed by atoms with van der Waals surface area (Å²) >= 11 is 0. The van der Waals surface area contributed by atoms with Crippen molar-refractivity contribution in [2.75, 3.05) is 59.4 Å². The van der Waals surface area contributed by atoms with Gasteiger partial charge in [0.15, 0.2) is 0 Å². The Labute approximate surface area is 261 Å². The number of hydrogen-bond acceptors (Lipinski definition) is 16. The predicted octanol–water partition coefficient (Wildman–Crippen LogP) is 1.72. The Hall–Kier alpha value is 0.280. The second-order valence-electron chi connectivity index (χ2n) is 9.59. The Kier molecular flexibility index (Phi) is 21.3. The van der Waals surface area contributed by atoms with Gasteiger partial charge in [-0.15, -0.1) is 0 Å². The van der Waals surface area contributed by atoms with Gasteiger partial charge in [0.25, 0.3) is 0 Å². The lowest BCUT2D eigenvalue weighted by Crippen LogP contribution is -2.35. The summed E-state index contributed by atoms with van der Waals surface area (Å²) < 4.78 is 90.9. The first-order valence-corrected chi connectivity index (χ1v) is 20.2. The van der Waals surface area contributed by atoms with Gasteiger partial charge in [0.2, 0.25) is 0 Å². The fourth-order valence-corrected chi connectivity index (χ4v) is 6.90. The molecular formula is C21H47NO19P4. The predicted molar refractivity (Wildman–Crippen MR) is 155 cm³/mol. The summed E-state index contributed by atoms with van der Waals surface area (Å²) in [5.74, 6) is 0. The van der Waals surface area contributed by atoms with Gasteiger partial charge >= 0.3 is 31.3 Å². The van der Waals surface area contributed by atoms with Crippen LogP contribution in [0.3, 0.4) is 0 Å². The summed E-state index contributed by atoms with van der Waals surface area (Å²) in [5.41, 5.74) is 5.38. The third-order valence-corrected chi connectivity index (χ3v) is 9.83. The van der Waals surface area contributed by atoms with E-state index in [4.69, 9.17) is 46.7 Å². The normalized spacial score (nSPS) is 25.8. The molecule has 1 fully saturated rings. The fourth-order valence-electron chi connectivity index (χ4n) is 3.53. The summed E-state index contributed by atoms with van der Waals surface area (Å²) in [6.07, 6.45) is -1.53. The molecular weight excluding hydrogens is 694 g/mol. The minimum absolute atomic E-state index is 0.0254. The zero-order valence-electron chi connectivity index (χ0n) is 25.0. The lowest BCUT2D eigenvalue weighted by Gasteiger charge is -2.22. The molecule has 0 aliphatic carbocycles. The summed E-state index contributed by atoms with van der Waals surface area (Å²) in [4.78, 5) is 38.8. The maximum atomic E-state index is 12.1. The Morgan fingerprint density at radius 1 is 0.600 bits per heavy atom. The summed E-state index contributed by atoms with van der Waals surface area (Å²) in [5, 5.41) is 19.2. The van der Waals surface area contributed by atoms with Crippen LogP contribution in [0.25, 0.3) is 0 Å². The van der Waals surface area contributed by atoms with Gasteiger partial charge in [-0.05, 0) is 45.6 Å². The molecule has 0 aromatic heterocycles. The molecule has 8 atom stereocenters. The quantitative estimate of drug-likeness (QED) is 0.0443. The largest absolute Gasteiger partial charge is 0.472 e. The molecule has 0 radical (unpaired) electrons. The molecule has 0 saturated carbocycles. The maximum Gasteiger partial charge on any atom is 0.472 e. The zero-order chi connectivity index (χ0) is 34.0. The molecule has 1 aliphatic heterocycles. The fraction of sp³-hybridized carbons (Fsp3) is 1.00. The van der Waals surface area contributed by atoms with Gasteiger partial charge in [0, 0.05) is 0 Å². The molecule has 8 N–H and O–H groups in total. The highest BCUT2D eigenvalue weighted by molar-refractivity contribution is 7.48. The van der Waals surface area contributed by atoms with Crippen LogP contribution in [-0.4, -0.2) is 114 Å². The number of aliphatic hydroxyl groups excluding tert-OH is 2. The van der Waals surface area contributed by atoms with E-state index in [2.05, 4.69) is 0 Å². The van der Waals surface area contributed by atoms with Crippen molar-refractivity contribution in [1.29, 1.82) is 0 Å². The lowest BCUT2D eigenvalue weighted by atomic mass is 10.1. The molecule has 1 heterocycles. The molecule has 0 spiro atoms. The molecule has 1 saturated heterocycles. The number of phosphoric acid groups is 4. The third kappa shape index (κ3) is 20.4. The topological polar surface area (TPSA) is 299 Å². The highest BCUT2D eigenvalue weighted by Crippen LogP contribution is 2.48. The van der Waals surface area contributed by atoms with Crippen LogP contribution in [0.1, 0.15) is 51.9 Å². The molecule has 1 rings (SSSR count). The first kappa shape index (κ1) is 43.3. The molecule has 0 amide bonds. The number of unbranched alkanes of at least 4 members (excludes halogenated alkanes) is 3. The third-order valence-electron chi connectivity index (χ3n) is 5.75. The van der Waals surface area contributed by atoms with Crippen LogP contribution >= 0.6 is 31.3 Å². The lowest BCUT2D eigenvalue weighted by molar-refractivity contribution is -0.0198. The standard InChI is InChI=1S/C21H47NO19P4/c1-18-20(24)21(19(17-23)40-18)41-45(31,32)39-16-8-15-38-44(29,30)37-14-7-13-36-43(27,28)35-12-6-11-34-42(25,26)33-10-5-3-2-4-9-22/h18-21,23-24H,2-17,22H2,1H3,(H,25,26)(H,27,28)(H,29,30)(H,31,32)/t18-,19+,20?,21-/m0/s1. The van der Waals surface area contributed by atoms with Crippen molar-refractivity contribution in [3.8, 4) is 0 Å². The Balaban J connectivity index is 2.13. The van der Waals surface area contributed by atoms with Crippen molar-refractivity contribution in [2.45, 2.75) is 76.3 Å². The average Bonchev–Trinajstić information content (AvgIpc) is 3.21. The van der Waals surface area contributed by atoms with Gasteiger partial charge in [0.1, 0.15) is 18.3 Å². The summed E-state index contributed by atoms with van der Waals surface area (Å²) in [7, 11) is -18.0. The Morgan fingerprint density at radius 2 is 0.956 bits per heavy atom. The first-order chi connectivity index (χ1) is 21.0. The monoisotopic (exact) mass is 741 g/mol. The number of hydrogen-bond donors (Lipinski definition) is 7. The van der Waals surface area contributed by atoms with E-state index in [1.54, 1.807) is 0 Å². The average molecular weight is 741 g/mol. The van der Waals surface area contributed by atoms with Crippen LogP contribution in [0.5, 0.6) is 0 Å². The molecule has 0 aromatic rings. The van der Waals surface area contributed by atoms with Crippen molar-refractivity contribution in [3.05, 3.63) is 0 Å². The van der Waals surface area contributed by atoms with Crippen molar-refractivity contribution in [3.63, 3.8) is 0 Å². The van der Waals surface area contributed by atoms with Crippen molar-refractivity contribution in [2.24, 2.45) is 5.73 Å². The van der Waals surface area contributed by atoms with Crippen LogP contribution in [0.4, 0.5) is 0 Å². The van der Waals surface area contributed by atoms with Crippen molar-refractivity contribution in [1.82, 2.24) is 0 Å². The number of ether oxygens (including phenoxy) is 1. The van der Waals surface area contributed by atoms with Gasteiger partial charge in [0.05, 0.1) is 59.0 Å². The summed E-state index contributed by atoms with van der Waals surface area (Å²) in [6.45, 7) is -0.764. The number of phosphoric ester groups is 4. The molecule has 1 aliphatic rings. The second-order valence-corrected chi connectivity index (χ2v) is 15.4. The van der Waals surface area contributed by atoms with E-state index in [1.165, 1.54) is 6.92 Å². The summed E-state index contributed by atoms with van der Waals surface area (Å²) in [6, 6.07) is 0. The minimum atomic E-state index is -4.67. The van der Waals surface area contributed by atoms with Gasteiger partial charge in [-0.2, -0.15) is 0 Å². The molecule has 20 nitrogen and oxygen atoms in total. The molecule has 270 valence electrons. The van der Waals surface area contributed by atoms with Gasteiger partial charge in [-0.25, -0.2) is 18.3 Å². The van der Waals surface area contributed by atoms with Crippen molar-refractivity contribution >= 4 is 31.3 Å². The zero-order valence-corrected chi connectivity index (χ0v) is 28.6. The van der Waals surface area contributed by atoms with Crippen LogP contribution in [0, 0.1) is 0 Å². The molecule has 0 aromatic carbocycles. The molecule has 5 unspecified atom stereocenters. The van der Waals surface area contributed by atoms with Crippen molar-refractivity contribution < 1.29 is 89.0 Å². The van der Waals surface area contributed by atoms with E-state index in [1.807, 2.05) is 0 Å². The van der Waals surface area contributed by atoms with E-state index in [9.17, 15) is 48.0 Å². The second kappa shape index (κ2) is 22.1. The minimum Gasteiger partial charge on any atom is -0.394 e. The van der Waals surface area contributed by atoms with E-state index in [-0.39, 0.29) is 39.1 Å². The maximum absolute atomic E-state index is 12.1.